The summed E-state index contributed by atoms with van der Waals surface area (Å²) in [5, 5.41) is 0.0300. The Morgan fingerprint density at radius 2 is 2.00 bits per heavy atom. The summed E-state index contributed by atoms with van der Waals surface area (Å²) >= 11 is 5.88. The van der Waals surface area contributed by atoms with Crippen LogP contribution in [0.25, 0.3) is 0 Å². The largest absolute Gasteiger partial charge is 0.462 e. The molecule has 0 fully saturated rings. The zero-order valence-electron chi connectivity index (χ0n) is 13.7. The minimum Gasteiger partial charge on any atom is -0.462 e. The summed E-state index contributed by atoms with van der Waals surface area (Å²) < 4.78 is 45.8. The van der Waals surface area contributed by atoms with Gasteiger partial charge in [0, 0.05) is 10.6 Å². The standard InChI is InChI=1S/C17H17ClFNO4S/c1-3-24-17(21)12-8-7-11(2)16(9-12)20-25(22,23)10-13-14(18)5-4-6-15(13)19/h4-9,20H,3,10H2,1-2H3. The Bertz CT molecular complexity index is 879. The van der Waals surface area contributed by atoms with E-state index in [1.807, 2.05) is 0 Å². The molecule has 0 bridgehead atoms. The molecule has 134 valence electrons. The van der Waals surface area contributed by atoms with E-state index in [1.54, 1.807) is 26.0 Å². The van der Waals surface area contributed by atoms with Gasteiger partial charge in [0.05, 0.1) is 23.6 Å². The second-order valence-corrected chi connectivity index (χ2v) is 7.44. The summed E-state index contributed by atoms with van der Waals surface area (Å²) in [6.07, 6.45) is 0. The van der Waals surface area contributed by atoms with Gasteiger partial charge in [0.2, 0.25) is 10.0 Å². The SMILES string of the molecule is CCOC(=O)c1ccc(C)c(NS(=O)(=O)Cc2c(F)cccc2Cl)c1. The maximum atomic E-state index is 13.8. The van der Waals surface area contributed by atoms with Gasteiger partial charge in [-0.15, -0.1) is 0 Å². The van der Waals surface area contributed by atoms with Gasteiger partial charge in [0.25, 0.3) is 0 Å². The minimum atomic E-state index is -3.94. The lowest BCUT2D eigenvalue weighted by atomic mass is 10.1. The van der Waals surface area contributed by atoms with E-state index in [2.05, 4.69) is 4.72 Å². The number of carbonyl (C=O) groups excluding carboxylic acids is 1. The highest BCUT2D eigenvalue weighted by Crippen LogP contribution is 2.24. The van der Waals surface area contributed by atoms with Crippen molar-refractivity contribution >= 4 is 33.3 Å². The van der Waals surface area contributed by atoms with Crippen molar-refractivity contribution in [3.63, 3.8) is 0 Å². The zero-order valence-corrected chi connectivity index (χ0v) is 15.2. The average molecular weight is 386 g/mol. The van der Waals surface area contributed by atoms with Gasteiger partial charge in [-0.1, -0.05) is 23.7 Å². The van der Waals surface area contributed by atoms with E-state index in [1.165, 1.54) is 18.2 Å². The molecule has 0 aromatic heterocycles. The lowest BCUT2D eigenvalue weighted by molar-refractivity contribution is 0.0526. The first-order valence-electron chi connectivity index (χ1n) is 7.44. The fourth-order valence-corrected chi connectivity index (χ4v) is 3.75. The first-order valence-corrected chi connectivity index (χ1v) is 9.47. The lowest BCUT2D eigenvalue weighted by Crippen LogP contribution is -2.17. The fraction of sp³-hybridized carbons (Fsp3) is 0.235. The van der Waals surface area contributed by atoms with Crippen LogP contribution in [0.4, 0.5) is 10.1 Å². The number of halogens is 2. The van der Waals surface area contributed by atoms with E-state index < -0.39 is 27.6 Å². The van der Waals surface area contributed by atoms with Crippen LogP contribution in [0.15, 0.2) is 36.4 Å². The maximum Gasteiger partial charge on any atom is 0.338 e. The highest BCUT2D eigenvalue weighted by atomic mass is 35.5. The molecule has 5 nitrogen and oxygen atoms in total. The average Bonchev–Trinajstić information content (AvgIpc) is 2.53. The van der Waals surface area contributed by atoms with Gasteiger partial charge >= 0.3 is 5.97 Å². The van der Waals surface area contributed by atoms with Crippen LogP contribution in [0.5, 0.6) is 0 Å². The number of benzene rings is 2. The Kier molecular flexibility index (Phi) is 6.02. The van der Waals surface area contributed by atoms with Gasteiger partial charge < -0.3 is 4.74 Å². The van der Waals surface area contributed by atoms with Crippen LogP contribution in [0.1, 0.15) is 28.4 Å². The number of nitrogens with one attached hydrogen (secondary N) is 1. The number of rotatable bonds is 6. The zero-order chi connectivity index (χ0) is 18.6. The van der Waals surface area contributed by atoms with E-state index in [9.17, 15) is 17.6 Å². The normalized spacial score (nSPS) is 11.2. The fourth-order valence-electron chi connectivity index (χ4n) is 2.14. The molecule has 2 rings (SSSR count). The van der Waals surface area contributed by atoms with Gasteiger partial charge in [-0.3, -0.25) is 4.72 Å². The third-order valence-corrected chi connectivity index (χ3v) is 4.96. The van der Waals surface area contributed by atoms with Crippen molar-refractivity contribution in [2.75, 3.05) is 11.3 Å². The molecule has 0 unspecified atom stereocenters. The summed E-state index contributed by atoms with van der Waals surface area (Å²) in [4.78, 5) is 11.8. The number of hydrogen-bond acceptors (Lipinski definition) is 4. The van der Waals surface area contributed by atoms with Crippen LogP contribution in [-0.4, -0.2) is 21.0 Å². The van der Waals surface area contributed by atoms with Crippen molar-refractivity contribution in [3.05, 3.63) is 63.9 Å². The molecular weight excluding hydrogens is 369 g/mol. The lowest BCUT2D eigenvalue weighted by Gasteiger charge is -2.13. The molecule has 0 saturated carbocycles. The van der Waals surface area contributed by atoms with Crippen LogP contribution >= 0.6 is 11.6 Å². The van der Waals surface area contributed by atoms with Gasteiger partial charge in [0.1, 0.15) is 5.82 Å². The Morgan fingerprint density at radius 3 is 2.64 bits per heavy atom. The molecule has 0 aliphatic carbocycles. The van der Waals surface area contributed by atoms with Crippen LogP contribution < -0.4 is 4.72 Å². The Morgan fingerprint density at radius 1 is 1.28 bits per heavy atom. The third-order valence-electron chi connectivity index (χ3n) is 3.41. The molecule has 0 heterocycles. The van der Waals surface area contributed by atoms with Crippen molar-refractivity contribution in [1.82, 2.24) is 0 Å². The molecule has 0 spiro atoms. The molecule has 25 heavy (non-hydrogen) atoms. The van der Waals surface area contributed by atoms with E-state index in [4.69, 9.17) is 16.3 Å². The first kappa shape index (κ1) is 19.2. The van der Waals surface area contributed by atoms with Crippen molar-refractivity contribution in [3.8, 4) is 0 Å². The van der Waals surface area contributed by atoms with Crippen LogP contribution in [-0.2, 0) is 20.5 Å². The first-order chi connectivity index (χ1) is 11.7. The molecule has 0 aliphatic heterocycles. The number of hydrogen-bond donors (Lipinski definition) is 1. The topological polar surface area (TPSA) is 72.5 Å². The molecule has 0 aliphatic rings. The molecule has 0 saturated heterocycles. The second kappa shape index (κ2) is 7.84. The number of anilines is 1. The number of esters is 1. The van der Waals surface area contributed by atoms with E-state index in [-0.39, 0.29) is 28.4 Å². The Hall–Kier alpha value is -2.12. The second-order valence-electron chi connectivity index (χ2n) is 5.31. The molecular formula is C17H17ClFNO4S. The van der Waals surface area contributed by atoms with Gasteiger partial charge in [0.15, 0.2) is 0 Å². The summed E-state index contributed by atoms with van der Waals surface area (Å²) in [6.45, 7) is 3.57. The molecule has 2 aromatic rings. The molecule has 2 aromatic carbocycles. The van der Waals surface area contributed by atoms with Crippen LogP contribution in [0.2, 0.25) is 5.02 Å². The molecule has 0 radical (unpaired) electrons. The highest BCUT2D eigenvalue weighted by molar-refractivity contribution is 7.91. The van der Waals surface area contributed by atoms with Crippen LogP contribution in [0.3, 0.4) is 0 Å². The molecule has 8 heteroatoms. The molecule has 0 atom stereocenters. The summed E-state index contributed by atoms with van der Waals surface area (Å²) in [6, 6.07) is 8.48. The van der Waals surface area contributed by atoms with Crippen molar-refractivity contribution in [2.24, 2.45) is 0 Å². The Balaban J connectivity index is 2.28. The van der Waals surface area contributed by atoms with Crippen molar-refractivity contribution in [2.45, 2.75) is 19.6 Å². The van der Waals surface area contributed by atoms with Crippen molar-refractivity contribution < 1.29 is 22.3 Å². The number of aryl methyl sites for hydroxylation is 1. The smallest absolute Gasteiger partial charge is 0.338 e. The predicted molar refractivity (Wildman–Crippen MR) is 94.8 cm³/mol. The van der Waals surface area contributed by atoms with Gasteiger partial charge in [-0.05, 0) is 43.7 Å². The highest BCUT2D eigenvalue weighted by Gasteiger charge is 2.19. The summed E-state index contributed by atoms with van der Waals surface area (Å²) in [7, 11) is -3.94. The number of ether oxygens (including phenoxy) is 1. The third kappa shape index (κ3) is 4.93. The number of carbonyl (C=O) groups is 1. The van der Waals surface area contributed by atoms with Gasteiger partial charge in [-0.25, -0.2) is 17.6 Å². The quantitative estimate of drug-likeness (QED) is 0.765. The van der Waals surface area contributed by atoms with Crippen LogP contribution in [0, 0.1) is 12.7 Å². The Labute approximate surface area is 150 Å². The maximum absolute atomic E-state index is 13.8. The molecule has 1 N–H and O–H groups in total. The summed E-state index contributed by atoms with van der Waals surface area (Å²) in [5.41, 5.74) is 0.930. The summed E-state index contributed by atoms with van der Waals surface area (Å²) in [5.74, 6) is -1.88. The monoisotopic (exact) mass is 385 g/mol. The number of sulfonamides is 1. The van der Waals surface area contributed by atoms with E-state index in [0.717, 1.165) is 6.07 Å². The predicted octanol–water partition coefficient (Wildman–Crippen LogP) is 3.91. The van der Waals surface area contributed by atoms with Crippen molar-refractivity contribution in [1.29, 1.82) is 0 Å². The molecule has 0 amide bonds. The minimum absolute atomic E-state index is 0.0300. The van der Waals surface area contributed by atoms with E-state index >= 15 is 0 Å². The van der Waals surface area contributed by atoms with Gasteiger partial charge in [-0.2, -0.15) is 0 Å². The van der Waals surface area contributed by atoms with E-state index in [0.29, 0.717) is 5.56 Å².